The zero-order chi connectivity index (χ0) is 9.40. The largest absolute Gasteiger partial charge is 0.355 e. The van der Waals surface area contributed by atoms with E-state index in [1.54, 1.807) is 11.8 Å². The number of thioether (sulfide) groups is 1. The Morgan fingerprint density at radius 3 is 2.83 bits per heavy atom. The van der Waals surface area contributed by atoms with Crippen LogP contribution in [-0.4, -0.2) is 29.8 Å². The zero-order valence-corrected chi connectivity index (χ0v) is 9.17. The number of rotatable bonds is 6. The van der Waals surface area contributed by atoms with Gasteiger partial charge in [0.15, 0.2) is 0 Å². The van der Waals surface area contributed by atoms with Crippen molar-refractivity contribution < 1.29 is 4.79 Å². The molecule has 1 amide bonds. The molecule has 1 unspecified atom stereocenters. The molecule has 1 atom stereocenters. The van der Waals surface area contributed by atoms with Crippen molar-refractivity contribution in [2.75, 3.05) is 18.7 Å². The van der Waals surface area contributed by atoms with Crippen LogP contribution >= 0.6 is 23.4 Å². The quantitative estimate of drug-likeness (QED) is 0.677. The molecule has 0 aromatic heterocycles. The summed E-state index contributed by atoms with van der Waals surface area (Å²) in [6.07, 6.45) is 3.35. The van der Waals surface area contributed by atoms with Crippen molar-refractivity contribution in [3.63, 3.8) is 0 Å². The molecule has 0 aromatic carbocycles. The zero-order valence-electron chi connectivity index (χ0n) is 7.60. The summed E-state index contributed by atoms with van der Waals surface area (Å²) in [6.45, 7) is 2.84. The van der Waals surface area contributed by atoms with E-state index in [1.165, 1.54) is 0 Å². The van der Waals surface area contributed by atoms with Crippen molar-refractivity contribution in [1.82, 2.24) is 5.32 Å². The van der Waals surface area contributed by atoms with Crippen LogP contribution in [0.15, 0.2) is 0 Å². The highest BCUT2D eigenvalue weighted by Crippen LogP contribution is 2.02. The molecule has 0 radical (unpaired) electrons. The van der Waals surface area contributed by atoms with E-state index >= 15 is 0 Å². The van der Waals surface area contributed by atoms with E-state index < -0.39 is 0 Å². The topological polar surface area (TPSA) is 29.1 Å². The van der Waals surface area contributed by atoms with Gasteiger partial charge >= 0.3 is 0 Å². The summed E-state index contributed by atoms with van der Waals surface area (Å²) >= 11 is 7.20. The van der Waals surface area contributed by atoms with Crippen molar-refractivity contribution in [3.8, 4) is 0 Å². The molecule has 4 heteroatoms. The molecule has 0 bridgehead atoms. The highest BCUT2D eigenvalue weighted by atomic mass is 35.5. The monoisotopic (exact) mass is 209 g/mol. The number of carbonyl (C=O) groups excluding carboxylic acids is 1. The first-order valence-corrected chi connectivity index (χ1v) is 5.88. The number of hydrogen-bond donors (Lipinski definition) is 1. The second kappa shape index (κ2) is 7.74. The molecule has 0 fully saturated rings. The lowest BCUT2D eigenvalue weighted by Gasteiger charge is -2.08. The average Bonchev–Trinajstić information content (AvgIpc) is 2.10. The molecule has 0 aliphatic rings. The van der Waals surface area contributed by atoms with E-state index in [0.29, 0.717) is 17.6 Å². The predicted molar refractivity (Wildman–Crippen MR) is 55.9 cm³/mol. The van der Waals surface area contributed by atoms with Gasteiger partial charge in [0.1, 0.15) is 0 Å². The van der Waals surface area contributed by atoms with Gasteiger partial charge in [-0.15, -0.1) is 11.6 Å². The van der Waals surface area contributed by atoms with Gasteiger partial charge in [0.25, 0.3) is 0 Å². The Hall–Kier alpha value is 0.110. The van der Waals surface area contributed by atoms with Gasteiger partial charge in [0, 0.05) is 24.1 Å². The van der Waals surface area contributed by atoms with Crippen molar-refractivity contribution >= 4 is 29.3 Å². The molecule has 0 rings (SSSR count). The molecule has 0 aliphatic carbocycles. The summed E-state index contributed by atoms with van der Waals surface area (Å²) < 4.78 is 0. The fraction of sp³-hybridized carbons (Fsp3) is 0.875. The van der Waals surface area contributed by atoms with Crippen LogP contribution in [0.4, 0.5) is 0 Å². The fourth-order valence-corrected chi connectivity index (χ4v) is 1.04. The van der Waals surface area contributed by atoms with E-state index in [1.807, 2.05) is 6.26 Å². The number of halogens is 1. The lowest BCUT2D eigenvalue weighted by Crippen LogP contribution is -2.29. The third kappa shape index (κ3) is 6.80. The summed E-state index contributed by atoms with van der Waals surface area (Å²) in [5.41, 5.74) is 0. The third-order valence-corrected chi connectivity index (χ3v) is 2.77. The summed E-state index contributed by atoms with van der Waals surface area (Å²) in [5, 5.41) is 3.34. The average molecular weight is 210 g/mol. The maximum Gasteiger partial charge on any atom is 0.220 e. The minimum atomic E-state index is 0.108. The van der Waals surface area contributed by atoms with Crippen LogP contribution in [-0.2, 0) is 4.79 Å². The minimum absolute atomic E-state index is 0.108. The highest BCUT2D eigenvalue weighted by molar-refractivity contribution is 7.99. The van der Waals surface area contributed by atoms with Gasteiger partial charge in [-0.25, -0.2) is 0 Å². The van der Waals surface area contributed by atoms with E-state index in [2.05, 4.69) is 12.2 Å². The Bertz CT molecular complexity index is 132. The second-order valence-corrected chi connectivity index (χ2v) is 4.30. The van der Waals surface area contributed by atoms with Gasteiger partial charge < -0.3 is 5.32 Å². The van der Waals surface area contributed by atoms with Crippen molar-refractivity contribution in [1.29, 1.82) is 0 Å². The SMILES string of the molecule is CSC(C)CNC(=O)CCCCl. The van der Waals surface area contributed by atoms with E-state index in [4.69, 9.17) is 11.6 Å². The van der Waals surface area contributed by atoms with Gasteiger partial charge in [-0.3, -0.25) is 4.79 Å². The molecule has 0 spiro atoms. The molecule has 0 saturated carbocycles. The van der Waals surface area contributed by atoms with E-state index in [0.717, 1.165) is 13.0 Å². The summed E-state index contributed by atoms with van der Waals surface area (Å²) in [6, 6.07) is 0. The molecule has 0 heterocycles. The lowest BCUT2D eigenvalue weighted by atomic mass is 10.3. The standard InChI is InChI=1S/C8H16ClNOS/c1-7(12-2)6-10-8(11)4-3-5-9/h7H,3-6H2,1-2H3,(H,10,11). The van der Waals surface area contributed by atoms with Crippen LogP contribution in [0.2, 0.25) is 0 Å². The molecule has 0 aliphatic heterocycles. The molecule has 1 N–H and O–H groups in total. The van der Waals surface area contributed by atoms with E-state index in [9.17, 15) is 4.79 Å². The lowest BCUT2D eigenvalue weighted by molar-refractivity contribution is -0.121. The van der Waals surface area contributed by atoms with E-state index in [-0.39, 0.29) is 5.91 Å². The molecular formula is C8H16ClNOS. The van der Waals surface area contributed by atoms with Crippen LogP contribution in [0.3, 0.4) is 0 Å². The fourth-order valence-electron chi connectivity index (χ4n) is 0.657. The first kappa shape index (κ1) is 12.1. The van der Waals surface area contributed by atoms with Crippen molar-refractivity contribution in [2.24, 2.45) is 0 Å². The Labute approximate surface area is 83.4 Å². The van der Waals surface area contributed by atoms with Gasteiger partial charge in [0.2, 0.25) is 5.91 Å². The Morgan fingerprint density at radius 1 is 1.67 bits per heavy atom. The van der Waals surface area contributed by atoms with Crippen LogP contribution in [0.5, 0.6) is 0 Å². The maximum absolute atomic E-state index is 11.0. The molecule has 12 heavy (non-hydrogen) atoms. The Morgan fingerprint density at radius 2 is 2.33 bits per heavy atom. The number of carbonyl (C=O) groups is 1. The Kier molecular flexibility index (Phi) is 7.81. The molecule has 72 valence electrons. The van der Waals surface area contributed by atoms with Crippen LogP contribution in [0.1, 0.15) is 19.8 Å². The van der Waals surface area contributed by atoms with Crippen LogP contribution in [0.25, 0.3) is 0 Å². The smallest absolute Gasteiger partial charge is 0.220 e. The number of amides is 1. The summed E-state index contributed by atoms with van der Waals surface area (Å²) in [5.74, 6) is 0.669. The summed E-state index contributed by atoms with van der Waals surface area (Å²) in [7, 11) is 0. The first-order valence-electron chi connectivity index (χ1n) is 4.06. The first-order chi connectivity index (χ1) is 5.70. The molecule has 0 saturated heterocycles. The predicted octanol–water partition coefficient (Wildman–Crippen LogP) is 1.87. The molecule has 2 nitrogen and oxygen atoms in total. The Balaban J connectivity index is 3.31. The molecular weight excluding hydrogens is 194 g/mol. The molecule has 0 aromatic rings. The number of hydrogen-bond acceptors (Lipinski definition) is 2. The summed E-state index contributed by atoms with van der Waals surface area (Å²) in [4.78, 5) is 11.0. The van der Waals surface area contributed by atoms with Gasteiger partial charge in [-0.05, 0) is 12.7 Å². The van der Waals surface area contributed by atoms with Gasteiger partial charge in [-0.2, -0.15) is 11.8 Å². The van der Waals surface area contributed by atoms with Crippen LogP contribution < -0.4 is 5.32 Å². The third-order valence-electron chi connectivity index (χ3n) is 1.53. The second-order valence-electron chi connectivity index (χ2n) is 2.64. The van der Waals surface area contributed by atoms with Crippen molar-refractivity contribution in [2.45, 2.75) is 25.0 Å². The number of nitrogens with one attached hydrogen (secondary N) is 1. The number of alkyl halides is 1. The van der Waals surface area contributed by atoms with Crippen LogP contribution in [0, 0.1) is 0 Å². The van der Waals surface area contributed by atoms with Gasteiger partial charge in [-0.1, -0.05) is 6.92 Å². The van der Waals surface area contributed by atoms with Gasteiger partial charge in [0.05, 0.1) is 0 Å². The minimum Gasteiger partial charge on any atom is -0.355 e. The maximum atomic E-state index is 11.0. The highest BCUT2D eigenvalue weighted by Gasteiger charge is 2.02. The normalized spacial score (nSPS) is 12.6. The van der Waals surface area contributed by atoms with Crippen molar-refractivity contribution in [3.05, 3.63) is 0 Å².